The Morgan fingerprint density at radius 1 is 1.03 bits per heavy atom. The van der Waals surface area contributed by atoms with E-state index in [0.29, 0.717) is 34.5 Å². The minimum absolute atomic E-state index is 0.185. The molecule has 3 aromatic rings. The molecule has 0 aliphatic heterocycles. The summed E-state index contributed by atoms with van der Waals surface area (Å²) in [4.78, 5) is 18.9. The van der Waals surface area contributed by atoms with Crippen LogP contribution in [-0.4, -0.2) is 44.2 Å². The molecule has 1 aromatic heterocycles. The summed E-state index contributed by atoms with van der Waals surface area (Å²) in [6.45, 7) is 0.353. The molecule has 0 N–H and O–H groups in total. The van der Waals surface area contributed by atoms with Crippen molar-refractivity contribution in [3.63, 3.8) is 0 Å². The van der Waals surface area contributed by atoms with Gasteiger partial charge in [0.2, 0.25) is 0 Å². The lowest BCUT2D eigenvalue weighted by molar-refractivity contribution is 0.0779. The zero-order valence-electron chi connectivity index (χ0n) is 16.6. The van der Waals surface area contributed by atoms with E-state index in [9.17, 15) is 4.79 Å². The SMILES string of the molecule is COc1ccc(Cl)cc1CN(C)C(=O)c1csc(-c2ccc(OC)c(OC)c2)n1. The third-order valence-electron chi connectivity index (χ3n) is 4.35. The summed E-state index contributed by atoms with van der Waals surface area (Å²) in [7, 11) is 6.47. The van der Waals surface area contributed by atoms with E-state index in [4.69, 9.17) is 25.8 Å². The van der Waals surface area contributed by atoms with Crippen LogP contribution in [-0.2, 0) is 6.54 Å². The van der Waals surface area contributed by atoms with E-state index in [2.05, 4.69) is 4.98 Å². The number of halogens is 1. The molecule has 0 fully saturated rings. The fraction of sp³-hybridized carbons (Fsp3) is 0.238. The first kappa shape index (κ1) is 21.0. The minimum Gasteiger partial charge on any atom is -0.496 e. The van der Waals surface area contributed by atoms with Crippen LogP contribution in [0, 0.1) is 0 Å². The van der Waals surface area contributed by atoms with E-state index >= 15 is 0 Å². The lowest BCUT2D eigenvalue weighted by Crippen LogP contribution is -2.26. The van der Waals surface area contributed by atoms with Crippen LogP contribution >= 0.6 is 22.9 Å². The number of carbonyl (C=O) groups excluding carboxylic acids is 1. The molecule has 1 heterocycles. The van der Waals surface area contributed by atoms with Gasteiger partial charge in [-0.3, -0.25) is 4.79 Å². The van der Waals surface area contributed by atoms with Gasteiger partial charge in [-0.05, 0) is 36.4 Å². The largest absolute Gasteiger partial charge is 0.496 e. The zero-order chi connectivity index (χ0) is 21.0. The monoisotopic (exact) mass is 432 g/mol. The maximum absolute atomic E-state index is 12.9. The predicted octanol–water partition coefficient (Wildman–Crippen LogP) is 4.76. The van der Waals surface area contributed by atoms with Crippen molar-refractivity contribution >= 4 is 28.8 Å². The molecule has 8 heteroatoms. The molecule has 2 aromatic carbocycles. The van der Waals surface area contributed by atoms with Crippen molar-refractivity contribution in [1.29, 1.82) is 0 Å². The van der Waals surface area contributed by atoms with Gasteiger partial charge in [0.1, 0.15) is 16.5 Å². The van der Waals surface area contributed by atoms with Crippen molar-refractivity contribution in [2.75, 3.05) is 28.4 Å². The second kappa shape index (κ2) is 9.15. The van der Waals surface area contributed by atoms with Gasteiger partial charge in [0.05, 0.1) is 21.3 Å². The summed E-state index contributed by atoms with van der Waals surface area (Å²) < 4.78 is 16.0. The van der Waals surface area contributed by atoms with Gasteiger partial charge in [0.25, 0.3) is 5.91 Å². The first-order chi connectivity index (χ1) is 14.0. The van der Waals surface area contributed by atoms with Crippen molar-refractivity contribution in [3.8, 4) is 27.8 Å². The summed E-state index contributed by atoms with van der Waals surface area (Å²) in [6.07, 6.45) is 0. The van der Waals surface area contributed by atoms with Crippen LogP contribution in [0.2, 0.25) is 5.02 Å². The highest BCUT2D eigenvalue weighted by molar-refractivity contribution is 7.13. The van der Waals surface area contributed by atoms with E-state index in [1.807, 2.05) is 18.2 Å². The Morgan fingerprint density at radius 3 is 2.41 bits per heavy atom. The quantitative estimate of drug-likeness (QED) is 0.538. The number of aromatic nitrogens is 1. The van der Waals surface area contributed by atoms with E-state index in [1.165, 1.54) is 11.3 Å². The van der Waals surface area contributed by atoms with E-state index < -0.39 is 0 Å². The normalized spacial score (nSPS) is 10.5. The minimum atomic E-state index is -0.185. The molecule has 0 aliphatic carbocycles. The van der Waals surface area contributed by atoms with E-state index in [1.54, 1.807) is 56.9 Å². The number of rotatable bonds is 7. The Bertz CT molecular complexity index is 1020. The van der Waals surface area contributed by atoms with Crippen molar-refractivity contribution in [2.45, 2.75) is 6.54 Å². The molecule has 0 saturated carbocycles. The van der Waals surface area contributed by atoms with Crippen LogP contribution in [0.1, 0.15) is 16.1 Å². The first-order valence-corrected chi connectivity index (χ1v) is 9.98. The zero-order valence-corrected chi connectivity index (χ0v) is 18.1. The number of ether oxygens (including phenoxy) is 3. The number of thiazole rings is 1. The van der Waals surface area contributed by atoms with Crippen LogP contribution in [0.5, 0.6) is 17.2 Å². The van der Waals surface area contributed by atoms with Crippen molar-refractivity contribution in [2.24, 2.45) is 0 Å². The topological polar surface area (TPSA) is 60.9 Å². The van der Waals surface area contributed by atoms with Gasteiger partial charge in [-0.1, -0.05) is 11.6 Å². The smallest absolute Gasteiger partial charge is 0.273 e. The summed E-state index contributed by atoms with van der Waals surface area (Å²) in [6, 6.07) is 10.9. The Labute approximate surface area is 178 Å². The van der Waals surface area contributed by atoms with Crippen LogP contribution in [0.4, 0.5) is 0 Å². The van der Waals surface area contributed by atoms with Crippen molar-refractivity contribution in [3.05, 3.63) is 58.1 Å². The first-order valence-electron chi connectivity index (χ1n) is 8.72. The van der Waals surface area contributed by atoms with Crippen LogP contribution in [0.15, 0.2) is 41.8 Å². The number of methoxy groups -OCH3 is 3. The van der Waals surface area contributed by atoms with Crippen LogP contribution < -0.4 is 14.2 Å². The molecule has 1 amide bonds. The number of amides is 1. The second-order valence-electron chi connectivity index (χ2n) is 6.23. The van der Waals surface area contributed by atoms with Crippen molar-refractivity contribution < 1.29 is 19.0 Å². The molecular weight excluding hydrogens is 412 g/mol. The summed E-state index contributed by atoms with van der Waals surface area (Å²) in [5.41, 5.74) is 2.06. The predicted molar refractivity (Wildman–Crippen MR) is 114 cm³/mol. The average Bonchev–Trinajstić information content (AvgIpc) is 3.23. The molecule has 0 saturated heterocycles. The van der Waals surface area contributed by atoms with E-state index in [0.717, 1.165) is 16.1 Å². The number of nitrogens with zero attached hydrogens (tertiary/aromatic N) is 2. The fourth-order valence-corrected chi connectivity index (χ4v) is 3.85. The summed E-state index contributed by atoms with van der Waals surface area (Å²) in [5, 5.41) is 3.06. The molecule has 0 spiro atoms. The molecule has 0 atom stereocenters. The molecule has 6 nitrogen and oxygen atoms in total. The van der Waals surface area contributed by atoms with Crippen molar-refractivity contribution in [1.82, 2.24) is 9.88 Å². The average molecular weight is 433 g/mol. The molecule has 29 heavy (non-hydrogen) atoms. The molecule has 152 valence electrons. The third kappa shape index (κ3) is 4.63. The second-order valence-corrected chi connectivity index (χ2v) is 7.52. The molecule has 3 rings (SSSR count). The van der Waals surface area contributed by atoms with Gasteiger partial charge in [0.15, 0.2) is 11.5 Å². The Kier molecular flexibility index (Phi) is 6.61. The standard InChI is InChI=1S/C21H21ClN2O4S/c1-24(11-14-9-15(22)6-8-17(14)26-2)21(25)16-12-29-20(23-16)13-5-7-18(27-3)19(10-13)28-4/h5-10,12H,11H2,1-4H3. The fourth-order valence-electron chi connectivity index (χ4n) is 2.87. The number of hydrogen-bond acceptors (Lipinski definition) is 6. The van der Waals surface area contributed by atoms with Gasteiger partial charge in [-0.2, -0.15) is 0 Å². The van der Waals surface area contributed by atoms with Gasteiger partial charge in [-0.15, -0.1) is 11.3 Å². The molecular formula is C21H21ClN2O4S. The maximum Gasteiger partial charge on any atom is 0.273 e. The third-order valence-corrected chi connectivity index (χ3v) is 5.48. The molecule has 0 bridgehead atoms. The number of benzene rings is 2. The van der Waals surface area contributed by atoms with E-state index in [-0.39, 0.29) is 5.91 Å². The Morgan fingerprint density at radius 2 is 1.72 bits per heavy atom. The number of carbonyl (C=O) groups is 1. The van der Waals surface area contributed by atoms with Crippen LogP contribution in [0.3, 0.4) is 0 Å². The van der Waals surface area contributed by atoms with Gasteiger partial charge in [-0.25, -0.2) is 4.98 Å². The highest BCUT2D eigenvalue weighted by Gasteiger charge is 2.18. The summed E-state index contributed by atoms with van der Waals surface area (Å²) in [5.74, 6) is 1.74. The Balaban J connectivity index is 1.79. The highest BCUT2D eigenvalue weighted by Crippen LogP contribution is 2.33. The molecule has 0 aliphatic rings. The number of hydrogen-bond donors (Lipinski definition) is 0. The lowest BCUT2D eigenvalue weighted by Gasteiger charge is -2.18. The van der Waals surface area contributed by atoms with Gasteiger partial charge < -0.3 is 19.1 Å². The Hall–Kier alpha value is -2.77. The highest BCUT2D eigenvalue weighted by atomic mass is 35.5. The lowest BCUT2D eigenvalue weighted by atomic mass is 10.2. The molecule has 0 unspecified atom stereocenters. The van der Waals surface area contributed by atoms with Gasteiger partial charge >= 0.3 is 0 Å². The summed E-state index contributed by atoms with van der Waals surface area (Å²) >= 11 is 7.48. The molecule has 0 radical (unpaired) electrons. The van der Waals surface area contributed by atoms with Gasteiger partial charge in [0, 0.05) is 35.1 Å². The van der Waals surface area contributed by atoms with Crippen LogP contribution in [0.25, 0.3) is 10.6 Å². The maximum atomic E-state index is 12.9.